The number of H-pyrrole nitrogens is 2. The summed E-state index contributed by atoms with van der Waals surface area (Å²) in [7, 11) is 0. The zero-order valence-electron chi connectivity index (χ0n) is 27.4. The molecule has 2 aromatic heterocycles. The van der Waals surface area contributed by atoms with Crippen LogP contribution in [0.15, 0.2) is 85.2 Å². The first-order chi connectivity index (χ1) is 23.5. The Hall–Kier alpha value is -5.62. The Kier molecular flexibility index (Phi) is 11.0. The standard InChI is InChI=1S/C37H42N6O6/c1-21(2)15-33(37(48)49)43-35(46)31(16-22-11-13-25(44)14-12-22)42-36(47)32(18-24-20-40-30-10-6-4-8-27(24)30)41-34(45)28(38)17-23-19-39-29-9-5-3-7-26(23)29/h3-14,19-21,28,31-33,39-40,44H,15-18,38H2,1-2H3,(H,41,45)(H,42,47)(H,43,46)(H,48,49). The molecule has 49 heavy (non-hydrogen) atoms. The van der Waals surface area contributed by atoms with E-state index < -0.39 is 47.9 Å². The zero-order valence-corrected chi connectivity index (χ0v) is 27.4. The van der Waals surface area contributed by atoms with Crippen molar-refractivity contribution in [2.45, 2.75) is 63.7 Å². The minimum Gasteiger partial charge on any atom is -0.508 e. The summed E-state index contributed by atoms with van der Waals surface area (Å²) in [5, 5.41) is 29.5. The van der Waals surface area contributed by atoms with Gasteiger partial charge in [0, 0.05) is 47.0 Å². The van der Waals surface area contributed by atoms with Crippen LogP contribution in [-0.2, 0) is 38.4 Å². The van der Waals surface area contributed by atoms with Crippen molar-refractivity contribution in [3.63, 3.8) is 0 Å². The fraction of sp³-hybridized carbons (Fsp3) is 0.297. The van der Waals surface area contributed by atoms with E-state index in [0.29, 0.717) is 5.56 Å². The predicted molar refractivity (Wildman–Crippen MR) is 187 cm³/mol. The molecule has 0 fully saturated rings. The number of aromatic amines is 2. The highest BCUT2D eigenvalue weighted by Crippen LogP contribution is 2.21. The number of phenolic OH excluding ortho intramolecular Hbond substituents is 1. The second-order valence-corrected chi connectivity index (χ2v) is 12.8. The van der Waals surface area contributed by atoms with E-state index in [1.165, 1.54) is 12.1 Å². The summed E-state index contributed by atoms with van der Waals surface area (Å²) < 4.78 is 0. The number of amides is 3. The number of hydrogen-bond acceptors (Lipinski definition) is 6. The average molecular weight is 667 g/mol. The maximum atomic E-state index is 14.1. The normalized spacial score (nSPS) is 13.9. The number of carbonyl (C=O) groups is 4. The highest BCUT2D eigenvalue weighted by Gasteiger charge is 2.31. The molecule has 0 aliphatic carbocycles. The van der Waals surface area contributed by atoms with E-state index in [1.54, 1.807) is 18.3 Å². The van der Waals surface area contributed by atoms with Gasteiger partial charge in [0.25, 0.3) is 0 Å². The maximum Gasteiger partial charge on any atom is 0.326 e. The number of nitrogens with two attached hydrogens (primary N) is 1. The summed E-state index contributed by atoms with van der Waals surface area (Å²) in [6, 6.07) is 16.9. The van der Waals surface area contributed by atoms with Crippen LogP contribution in [0.1, 0.15) is 37.0 Å². The lowest BCUT2D eigenvalue weighted by Gasteiger charge is -2.26. The molecular formula is C37H42N6O6. The zero-order chi connectivity index (χ0) is 35.1. The van der Waals surface area contributed by atoms with Crippen LogP contribution in [0.2, 0.25) is 0 Å². The molecule has 4 unspecified atom stereocenters. The molecule has 5 rings (SSSR count). The predicted octanol–water partition coefficient (Wildman–Crippen LogP) is 3.30. The molecular weight excluding hydrogens is 624 g/mol. The van der Waals surface area contributed by atoms with E-state index in [9.17, 15) is 29.4 Å². The number of nitrogens with one attached hydrogen (secondary N) is 5. The van der Waals surface area contributed by atoms with Gasteiger partial charge in [-0.05, 0) is 59.7 Å². The minimum atomic E-state index is -1.20. The number of aromatic hydroxyl groups is 1. The second kappa shape index (κ2) is 15.5. The van der Waals surface area contributed by atoms with Crippen LogP contribution in [0.4, 0.5) is 0 Å². The summed E-state index contributed by atoms with van der Waals surface area (Å²) in [4.78, 5) is 59.6. The van der Waals surface area contributed by atoms with Gasteiger partial charge < -0.3 is 41.9 Å². The Morgan fingerprint density at radius 3 is 1.71 bits per heavy atom. The fourth-order valence-corrected chi connectivity index (χ4v) is 5.95. The molecule has 12 heteroatoms. The van der Waals surface area contributed by atoms with E-state index >= 15 is 0 Å². The topological polar surface area (TPSA) is 202 Å². The Balaban J connectivity index is 1.40. The molecule has 12 nitrogen and oxygen atoms in total. The van der Waals surface area contributed by atoms with Gasteiger partial charge in [-0.1, -0.05) is 62.4 Å². The number of carboxylic acid groups (broad SMARTS) is 1. The molecule has 0 radical (unpaired) electrons. The van der Waals surface area contributed by atoms with Crippen molar-refractivity contribution in [2.24, 2.45) is 11.7 Å². The smallest absolute Gasteiger partial charge is 0.326 e. The van der Waals surface area contributed by atoms with E-state index in [4.69, 9.17) is 5.73 Å². The summed E-state index contributed by atoms with van der Waals surface area (Å²) in [6.45, 7) is 3.69. The van der Waals surface area contributed by atoms with Crippen molar-refractivity contribution in [3.05, 3.63) is 102 Å². The molecule has 256 valence electrons. The monoisotopic (exact) mass is 666 g/mol. The van der Waals surface area contributed by atoms with Crippen LogP contribution in [-0.4, -0.2) is 68.0 Å². The summed E-state index contributed by atoms with van der Waals surface area (Å²) in [6.07, 6.45) is 4.07. The fourth-order valence-electron chi connectivity index (χ4n) is 5.95. The third-order valence-corrected chi connectivity index (χ3v) is 8.51. The van der Waals surface area contributed by atoms with Gasteiger partial charge in [0.1, 0.15) is 23.9 Å². The van der Waals surface area contributed by atoms with Crippen LogP contribution < -0.4 is 21.7 Å². The molecule has 0 saturated carbocycles. The summed E-state index contributed by atoms with van der Waals surface area (Å²) in [5.41, 5.74) is 10.4. The summed E-state index contributed by atoms with van der Waals surface area (Å²) in [5.74, 6) is -3.06. The van der Waals surface area contributed by atoms with Gasteiger partial charge >= 0.3 is 5.97 Å². The van der Waals surface area contributed by atoms with E-state index in [0.717, 1.165) is 32.9 Å². The minimum absolute atomic E-state index is 0.000297. The Labute approximate surface area is 283 Å². The number of carbonyl (C=O) groups excluding carboxylic acids is 3. The number of fused-ring (bicyclic) bond motifs is 2. The van der Waals surface area contributed by atoms with Gasteiger partial charge in [-0.2, -0.15) is 0 Å². The molecule has 3 aromatic carbocycles. The van der Waals surface area contributed by atoms with Crippen LogP contribution in [0.3, 0.4) is 0 Å². The van der Waals surface area contributed by atoms with Crippen molar-refractivity contribution in [1.82, 2.24) is 25.9 Å². The highest BCUT2D eigenvalue weighted by molar-refractivity contribution is 5.95. The lowest BCUT2D eigenvalue weighted by atomic mass is 10.00. The van der Waals surface area contributed by atoms with Gasteiger partial charge in [-0.25, -0.2) is 4.79 Å². The van der Waals surface area contributed by atoms with Crippen molar-refractivity contribution in [3.8, 4) is 5.75 Å². The highest BCUT2D eigenvalue weighted by atomic mass is 16.4. The largest absolute Gasteiger partial charge is 0.508 e. The van der Waals surface area contributed by atoms with Gasteiger partial charge in [0.2, 0.25) is 17.7 Å². The van der Waals surface area contributed by atoms with Crippen LogP contribution in [0, 0.1) is 5.92 Å². The Bertz CT molecular complexity index is 1930. The second-order valence-electron chi connectivity index (χ2n) is 12.8. The van der Waals surface area contributed by atoms with Crippen molar-refractivity contribution in [2.75, 3.05) is 0 Å². The van der Waals surface area contributed by atoms with Crippen molar-refractivity contribution >= 4 is 45.5 Å². The SMILES string of the molecule is CC(C)CC(NC(=O)C(Cc1ccc(O)cc1)NC(=O)C(Cc1c[nH]c2ccccc12)NC(=O)C(N)Cc1c[nH]c2ccccc12)C(=O)O. The van der Waals surface area contributed by atoms with Gasteiger partial charge in [0.05, 0.1) is 6.04 Å². The van der Waals surface area contributed by atoms with Gasteiger partial charge in [0.15, 0.2) is 0 Å². The average Bonchev–Trinajstić information content (AvgIpc) is 3.68. The van der Waals surface area contributed by atoms with Crippen LogP contribution >= 0.6 is 0 Å². The van der Waals surface area contributed by atoms with Gasteiger partial charge in [-0.3, -0.25) is 14.4 Å². The molecule has 0 aliphatic heterocycles. The molecule has 2 heterocycles. The molecule has 4 atom stereocenters. The van der Waals surface area contributed by atoms with E-state index in [1.807, 2.05) is 68.6 Å². The van der Waals surface area contributed by atoms with Crippen LogP contribution in [0.25, 0.3) is 21.8 Å². The van der Waals surface area contributed by atoms with Crippen molar-refractivity contribution < 1.29 is 29.4 Å². The first-order valence-electron chi connectivity index (χ1n) is 16.3. The molecule has 0 aliphatic rings. The first-order valence-corrected chi connectivity index (χ1v) is 16.3. The molecule has 9 N–H and O–H groups in total. The van der Waals surface area contributed by atoms with E-state index in [2.05, 4.69) is 25.9 Å². The quantitative estimate of drug-likeness (QED) is 0.0837. The number of carboxylic acids is 1. The lowest BCUT2D eigenvalue weighted by Crippen LogP contribution is -2.58. The number of rotatable bonds is 15. The third-order valence-electron chi connectivity index (χ3n) is 8.51. The third kappa shape index (κ3) is 8.85. The summed E-state index contributed by atoms with van der Waals surface area (Å²) >= 11 is 0. The molecule has 5 aromatic rings. The molecule has 0 saturated heterocycles. The number of phenols is 1. The first kappa shape index (κ1) is 34.7. The Morgan fingerprint density at radius 2 is 1.16 bits per heavy atom. The van der Waals surface area contributed by atoms with Crippen molar-refractivity contribution in [1.29, 1.82) is 0 Å². The van der Waals surface area contributed by atoms with E-state index in [-0.39, 0.29) is 37.4 Å². The van der Waals surface area contributed by atoms with Gasteiger partial charge in [-0.15, -0.1) is 0 Å². The molecule has 0 spiro atoms. The number of para-hydroxylation sites is 2. The Morgan fingerprint density at radius 1 is 0.673 bits per heavy atom. The molecule has 3 amide bonds. The molecule has 0 bridgehead atoms. The van der Waals surface area contributed by atoms with Crippen LogP contribution in [0.5, 0.6) is 5.75 Å². The number of hydrogen-bond donors (Lipinski definition) is 8. The number of aromatic nitrogens is 2. The maximum absolute atomic E-state index is 14.1. The lowest BCUT2D eigenvalue weighted by molar-refractivity contribution is -0.142. The number of aliphatic carboxylic acids is 1. The number of benzene rings is 3.